The van der Waals surface area contributed by atoms with Gasteiger partial charge in [-0.3, -0.25) is 4.18 Å². The largest absolute Gasteiger partial charge is 0.368 e. The molecule has 3 rings (SSSR count). The highest BCUT2D eigenvalue weighted by molar-refractivity contribution is 7.85. The molecule has 1 aliphatic heterocycles. The van der Waals surface area contributed by atoms with E-state index >= 15 is 0 Å². The summed E-state index contributed by atoms with van der Waals surface area (Å²) in [6.45, 7) is 6.26. The zero-order valence-electron chi connectivity index (χ0n) is 15.3. The molecule has 1 heterocycles. The number of hydrogen-bond acceptors (Lipinski definition) is 4. The van der Waals surface area contributed by atoms with Crippen LogP contribution in [0.4, 0.5) is 5.69 Å². The Labute approximate surface area is 165 Å². The molecule has 0 N–H and O–H groups in total. The average Bonchev–Trinajstić information content (AvgIpc) is 2.47. The molecule has 0 atom stereocenters. The van der Waals surface area contributed by atoms with Gasteiger partial charge in [0.15, 0.2) is 0 Å². The zero-order valence-corrected chi connectivity index (χ0v) is 17.6. The van der Waals surface area contributed by atoms with Gasteiger partial charge < -0.3 is 4.90 Å². The van der Waals surface area contributed by atoms with Gasteiger partial charge in [0.2, 0.25) is 0 Å². The molecule has 26 heavy (non-hydrogen) atoms. The van der Waals surface area contributed by atoms with E-state index in [9.17, 15) is 8.42 Å². The summed E-state index contributed by atoms with van der Waals surface area (Å²) in [5.41, 5.74) is 5.04. The summed E-state index contributed by atoms with van der Waals surface area (Å²) in [7, 11) is -2.04. The Morgan fingerprint density at radius 3 is 1.92 bits per heavy atom. The Hall–Kier alpha value is -1.27. The van der Waals surface area contributed by atoms with E-state index < -0.39 is 10.1 Å². The van der Waals surface area contributed by atoms with Crippen molar-refractivity contribution in [3.8, 4) is 0 Å². The van der Waals surface area contributed by atoms with Crippen LogP contribution in [0.25, 0.3) is 0 Å². The van der Waals surface area contributed by atoms with Gasteiger partial charge in [-0.1, -0.05) is 58.6 Å². The van der Waals surface area contributed by atoms with Crippen LogP contribution in [-0.4, -0.2) is 34.9 Å². The lowest BCUT2D eigenvalue weighted by atomic mass is 9.89. The summed E-state index contributed by atoms with van der Waals surface area (Å²) in [6, 6.07) is 12.5. The van der Waals surface area contributed by atoms with Crippen molar-refractivity contribution in [2.45, 2.75) is 19.8 Å². The van der Waals surface area contributed by atoms with Gasteiger partial charge in [-0.25, -0.2) is 0 Å². The fourth-order valence-corrected chi connectivity index (χ4v) is 3.55. The predicted molar refractivity (Wildman–Crippen MR) is 109 cm³/mol. The topological polar surface area (TPSA) is 46.6 Å². The molecule has 4 nitrogen and oxygen atoms in total. The van der Waals surface area contributed by atoms with Crippen molar-refractivity contribution in [1.82, 2.24) is 0 Å². The molecule has 7 heteroatoms. The third-order valence-electron chi connectivity index (χ3n) is 4.15. The number of anilines is 1. The minimum absolute atomic E-state index is 0.570. The molecule has 0 amide bonds. The van der Waals surface area contributed by atoms with Crippen molar-refractivity contribution < 1.29 is 12.6 Å². The molecule has 0 aliphatic carbocycles. The molecule has 0 saturated carbocycles. The minimum Gasteiger partial charge on any atom is -0.368 e. The van der Waals surface area contributed by atoms with Crippen molar-refractivity contribution in [3.05, 3.63) is 63.1 Å². The summed E-state index contributed by atoms with van der Waals surface area (Å²) in [4.78, 5) is 2.26. The Morgan fingerprint density at radius 2 is 1.50 bits per heavy atom. The quantitative estimate of drug-likeness (QED) is 0.674. The van der Waals surface area contributed by atoms with Crippen molar-refractivity contribution >= 4 is 39.0 Å². The fourth-order valence-electron chi connectivity index (χ4n) is 2.91. The van der Waals surface area contributed by atoms with Crippen LogP contribution in [0.1, 0.15) is 22.6 Å². The van der Waals surface area contributed by atoms with Crippen LogP contribution in [0.3, 0.4) is 0 Å². The smallest absolute Gasteiger partial charge is 0.264 e. The summed E-state index contributed by atoms with van der Waals surface area (Å²) in [5.74, 6) is 0.570. The van der Waals surface area contributed by atoms with Crippen molar-refractivity contribution in [2.24, 2.45) is 0 Å². The first-order valence-electron chi connectivity index (χ1n) is 8.13. The number of halogens is 2. The first-order valence-corrected chi connectivity index (χ1v) is 10.7. The van der Waals surface area contributed by atoms with Crippen LogP contribution >= 0.6 is 23.2 Å². The number of nitrogens with zero attached hydrogens (tertiary/aromatic N) is 1. The summed E-state index contributed by atoms with van der Waals surface area (Å²) < 4.78 is 23.5. The van der Waals surface area contributed by atoms with Crippen LogP contribution in [0, 0.1) is 13.8 Å². The van der Waals surface area contributed by atoms with Gasteiger partial charge in [0, 0.05) is 19.0 Å². The predicted octanol–water partition coefficient (Wildman–Crippen LogP) is 4.81. The first-order chi connectivity index (χ1) is 12.1. The number of aryl methyl sites for hydroxylation is 2. The minimum atomic E-state index is -3.16. The molecule has 2 aromatic carbocycles. The van der Waals surface area contributed by atoms with Gasteiger partial charge >= 0.3 is 0 Å². The van der Waals surface area contributed by atoms with Crippen molar-refractivity contribution in [2.75, 3.05) is 31.4 Å². The van der Waals surface area contributed by atoms with E-state index in [-0.39, 0.29) is 0 Å². The second-order valence-corrected chi connectivity index (χ2v) is 9.02. The maximum Gasteiger partial charge on any atom is 0.264 e. The molecule has 2 aromatic rings. The van der Waals surface area contributed by atoms with E-state index in [4.69, 9.17) is 23.2 Å². The van der Waals surface area contributed by atoms with E-state index in [0.717, 1.165) is 42.2 Å². The van der Waals surface area contributed by atoms with E-state index in [1.807, 2.05) is 18.2 Å². The van der Waals surface area contributed by atoms with Crippen LogP contribution < -0.4 is 4.90 Å². The zero-order chi connectivity index (χ0) is 19.5. The molecule has 1 fully saturated rings. The highest BCUT2D eigenvalue weighted by Gasteiger charge is 2.30. The highest BCUT2D eigenvalue weighted by atomic mass is 35.5. The van der Waals surface area contributed by atoms with E-state index in [1.165, 1.54) is 16.7 Å². The average molecular weight is 416 g/mol. The molecule has 0 unspecified atom stereocenters. The van der Waals surface area contributed by atoms with Crippen molar-refractivity contribution in [3.63, 3.8) is 0 Å². The van der Waals surface area contributed by atoms with Gasteiger partial charge in [0.25, 0.3) is 10.1 Å². The summed E-state index contributed by atoms with van der Waals surface area (Å²) >= 11 is 12.5. The van der Waals surface area contributed by atoms with Crippen molar-refractivity contribution in [1.29, 1.82) is 0 Å². The van der Waals surface area contributed by atoms with E-state index in [0.29, 0.717) is 5.92 Å². The van der Waals surface area contributed by atoms with Gasteiger partial charge in [-0.15, -0.1) is 0 Å². The summed E-state index contributed by atoms with van der Waals surface area (Å²) in [6.07, 6.45) is 0.993. The number of para-hydroxylation sites is 1. The van der Waals surface area contributed by atoms with E-state index in [1.54, 1.807) is 0 Å². The Morgan fingerprint density at radius 1 is 1.04 bits per heavy atom. The SMILES string of the molecule is COS(C)(=O)=O.Cc1cc(C)cc(C2CN(c3c(Cl)cccc3Cl)C2)c1. The number of benzene rings is 2. The van der Waals surface area contributed by atoms with Gasteiger partial charge in [0.05, 0.1) is 29.1 Å². The third-order valence-corrected chi connectivity index (χ3v) is 5.37. The maximum absolute atomic E-state index is 9.78. The van der Waals surface area contributed by atoms with Gasteiger partial charge in [-0.2, -0.15) is 8.42 Å². The standard InChI is InChI=1S/C17H17Cl2N.C2H6O3S/c1-11-6-12(2)8-13(7-11)14-9-20(10-14)17-15(18)4-3-5-16(17)19;1-5-6(2,3)4/h3-8,14H,9-10H2,1-2H3;1-2H3. The monoisotopic (exact) mass is 415 g/mol. The van der Waals surface area contributed by atoms with Gasteiger partial charge in [-0.05, 0) is 31.5 Å². The first kappa shape index (κ1) is 21.0. The molecular formula is C19H23Cl2NO3S. The Balaban J connectivity index is 0.000000352. The molecule has 1 saturated heterocycles. The van der Waals surface area contributed by atoms with Crippen LogP contribution in [0.15, 0.2) is 36.4 Å². The lowest BCUT2D eigenvalue weighted by Gasteiger charge is -2.42. The number of rotatable bonds is 3. The lowest BCUT2D eigenvalue weighted by molar-refractivity contribution is 0.403. The molecule has 142 valence electrons. The molecule has 0 aromatic heterocycles. The Bertz CT molecular complexity index is 838. The molecule has 1 aliphatic rings. The lowest BCUT2D eigenvalue weighted by Crippen LogP contribution is -2.45. The second-order valence-electron chi connectivity index (χ2n) is 6.46. The third kappa shape index (κ3) is 5.61. The van der Waals surface area contributed by atoms with Crippen LogP contribution in [0.5, 0.6) is 0 Å². The molecular weight excluding hydrogens is 393 g/mol. The number of hydrogen-bond donors (Lipinski definition) is 0. The molecule has 0 spiro atoms. The van der Waals surface area contributed by atoms with Crippen LogP contribution in [-0.2, 0) is 14.3 Å². The normalized spacial score (nSPS) is 14.5. The van der Waals surface area contributed by atoms with Gasteiger partial charge in [0.1, 0.15) is 0 Å². The summed E-state index contributed by atoms with van der Waals surface area (Å²) in [5, 5.41) is 1.47. The second kappa shape index (κ2) is 8.61. The fraction of sp³-hybridized carbons (Fsp3) is 0.368. The Kier molecular flexibility index (Phi) is 6.97. The molecule has 0 radical (unpaired) electrons. The van der Waals surface area contributed by atoms with E-state index in [2.05, 4.69) is 41.1 Å². The van der Waals surface area contributed by atoms with Crippen LogP contribution in [0.2, 0.25) is 10.0 Å². The maximum atomic E-state index is 9.78. The highest BCUT2D eigenvalue weighted by Crippen LogP contribution is 2.40. The molecule has 0 bridgehead atoms.